The summed E-state index contributed by atoms with van der Waals surface area (Å²) in [7, 11) is 0. The number of thiophene rings is 1. The summed E-state index contributed by atoms with van der Waals surface area (Å²) in [5, 5.41) is 18.2. The molecule has 254 valence electrons. The van der Waals surface area contributed by atoms with Gasteiger partial charge in [-0.2, -0.15) is 0 Å². The zero-order valence-electron chi connectivity index (χ0n) is 29.6. The number of hydrogen-bond acceptors (Lipinski definition) is 1. The van der Waals surface area contributed by atoms with Crippen molar-refractivity contribution in [1.82, 2.24) is 9.13 Å². The number of aromatic nitrogens is 2. The Balaban J connectivity index is 1.13. The van der Waals surface area contributed by atoms with Crippen LogP contribution < -0.4 is 0 Å². The molecule has 0 aliphatic rings. The number of hydrogen-bond donors (Lipinski definition) is 0. The van der Waals surface area contributed by atoms with Crippen molar-refractivity contribution in [3.05, 3.63) is 182 Å². The standard InChI is InChI=1S/C52H30N2S/c1-2-14-34-31(13-1)25-30-42-46(34)37-17-5-6-18-38(37)50-48(42)40-20-8-10-22-43(40)53(50)32-26-28-33(29-27-32)54-44-23-11-7-19-39(44)47-35-15-3-4-16-36(35)49-41-21-9-12-24-45(41)55-52(49)51(47)54/h1-30H. The predicted octanol–water partition coefficient (Wildman–Crippen LogP) is 14.9. The van der Waals surface area contributed by atoms with Gasteiger partial charge in [-0.25, -0.2) is 0 Å². The Morgan fingerprint density at radius 2 is 0.764 bits per heavy atom. The first-order valence-electron chi connectivity index (χ1n) is 18.9. The van der Waals surface area contributed by atoms with E-state index in [-0.39, 0.29) is 0 Å². The van der Waals surface area contributed by atoms with Crippen LogP contribution in [0.1, 0.15) is 0 Å². The highest BCUT2D eigenvalue weighted by molar-refractivity contribution is 7.27. The van der Waals surface area contributed by atoms with Crippen LogP contribution >= 0.6 is 11.3 Å². The summed E-state index contributed by atoms with van der Waals surface area (Å²) in [6.45, 7) is 0. The molecule has 0 spiro atoms. The lowest BCUT2D eigenvalue weighted by Gasteiger charge is -2.15. The SMILES string of the molecule is c1ccc2c(c1)ccc1c2c2ccccc2c2c1c1ccccc1n2-c1ccc(-n2c3ccccc3c3c4ccccc4c4c5ccccc5sc4c32)cc1. The lowest BCUT2D eigenvalue weighted by atomic mass is 9.93. The normalized spacial score (nSPS) is 12.4. The summed E-state index contributed by atoms with van der Waals surface area (Å²) in [4.78, 5) is 0. The van der Waals surface area contributed by atoms with Crippen molar-refractivity contribution in [3.8, 4) is 11.4 Å². The fourth-order valence-electron chi connectivity index (χ4n) is 9.86. The van der Waals surface area contributed by atoms with Gasteiger partial charge in [0.05, 0.1) is 26.8 Å². The number of nitrogens with zero attached hydrogens (tertiary/aromatic N) is 2. The minimum Gasteiger partial charge on any atom is -0.309 e. The molecule has 13 rings (SSSR count). The van der Waals surface area contributed by atoms with Crippen LogP contribution in [0.15, 0.2) is 182 Å². The Kier molecular flexibility index (Phi) is 5.80. The quantitative estimate of drug-likeness (QED) is 0.158. The van der Waals surface area contributed by atoms with E-state index in [9.17, 15) is 0 Å². The highest BCUT2D eigenvalue weighted by Gasteiger charge is 2.23. The Morgan fingerprint density at radius 3 is 1.44 bits per heavy atom. The zero-order valence-corrected chi connectivity index (χ0v) is 30.4. The van der Waals surface area contributed by atoms with Gasteiger partial charge >= 0.3 is 0 Å². The number of fused-ring (bicyclic) bond motifs is 20. The molecule has 0 amide bonds. The molecule has 0 unspecified atom stereocenters. The first-order chi connectivity index (χ1) is 27.3. The van der Waals surface area contributed by atoms with E-state index in [1.807, 2.05) is 11.3 Å². The Labute approximate surface area is 319 Å². The monoisotopic (exact) mass is 714 g/mol. The summed E-state index contributed by atoms with van der Waals surface area (Å²) < 4.78 is 7.66. The van der Waals surface area contributed by atoms with Crippen molar-refractivity contribution < 1.29 is 0 Å². The molecule has 0 saturated carbocycles. The van der Waals surface area contributed by atoms with E-state index >= 15 is 0 Å². The van der Waals surface area contributed by atoms with E-state index < -0.39 is 0 Å². The maximum absolute atomic E-state index is 2.51. The summed E-state index contributed by atoms with van der Waals surface area (Å²) in [5.74, 6) is 0. The Morgan fingerprint density at radius 1 is 0.291 bits per heavy atom. The van der Waals surface area contributed by atoms with Crippen LogP contribution in [-0.2, 0) is 0 Å². The van der Waals surface area contributed by atoms with Crippen LogP contribution in [0.5, 0.6) is 0 Å². The lowest BCUT2D eigenvalue weighted by molar-refractivity contribution is 1.15. The van der Waals surface area contributed by atoms with Crippen molar-refractivity contribution in [2.75, 3.05) is 0 Å². The molecule has 3 aromatic heterocycles. The molecule has 2 nitrogen and oxygen atoms in total. The minimum absolute atomic E-state index is 1.15. The minimum atomic E-state index is 1.15. The van der Waals surface area contributed by atoms with Gasteiger partial charge in [-0.05, 0) is 80.2 Å². The third-order valence-electron chi connectivity index (χ3n) is 12.0. The lowest BCUT2D eigenvalue weighted by Crippen LogP contribution is -1.98. The second-order valence-electron chi connectivity index (χ2n) is 14.8. The second-order valence-corrected chi connectivity index (χ2v) is 15.8. The van der Waals surface area contributed by atoms with Crippen molar-refractivity contribution in [2.45, 2.75) is 0 Å². The molecule has 0 N–H and O–H groups in total. The van der Waals surface area contributed by atoms with Gasteiger partial charge in [-0.3, -0.25) is 0 Å². The molecule has 0 aliphatic carbocycles. The molecule has 0 saturated heterocycles. The summed E-state index contributed by atoms with van der Waals surface area (Å²) in [6, 6.07) is 67.4. The zero-order chi connectivity index (χ0) is 35.8. The van der Waals surface area contributed by atoms with Crippen molar-refractivity contribution in [3.63, 3.8) is 0 Å². The molecular weight excluding hydrogens is 685 g/mol. The van der Waals surface area contributed by atoms with E-state index in [1.165, 1.54) is 107 Å². The van der Waals surface area contributed by atoms with Gasteiger partial charge in [-0.1, -0.05) is 140 Å². The maximum atomic E-state index is 2.51. The summed E-state index contributed by atoms with van der Waals surface area (Å²) in [5.41, 5.74) is 7.28. The van der Waals surface area contributed by atoms with E-state index in [2.05, 4.69) is 191 Å². The number of benzene rings is 10. The topological polar surface area (TPSA) is 9.86 Å². The molecule has 13 aromatic rings. The number of para-hydroxylation sites is 2. The molecular formula is C52H30N2S. The van der Waals surface area contributed by atoms with Crippen LogP contribution in [0.2, 0.25) is 0 Å². The van der Waals surface area contributed by atoms with Crippen LogP contribution in [-0.4, -0.2) is 9.13 Å². The molecule has 0 radical (unpaired) electrons. The Bertz CT molecular complexity index is 3760. The first-order valence-corrected chi connectivity index (χ1v) is 19.8. The van der Waals surface area contributed by atoms with Gasteiger partial charge in [0.15, 0.2) is 0 Å². The molecule has 3 heteroatoms. The van der Waals surface area contributed by atoms with Crippen LogP contribution in [0.25, 0.3) is 118 Å². The fourth-order valence-corrected chi connectivity index (χ4v) is 11.1. The third kappa shape index (κ3) is 3.82. The Hall–Kier alpha value is -6.94. The average molecular weight is 715 g/mol. The molecule has 3 heterocycles. The van der Waals surface area contributed by atoms with Crippen LogP contribution in [0.3, 0.4) is 0 Å². The van der Waals surface area contributed by atoms with Crippen molar-refractivity contribution in [2.24, 2.45) is 0 Å². The van der Waals surface area contributed by atoms with Crippen LogP contribution in [0.4, 0.5) is 0 Å². The molecule has 55 heavy (non-hydrogen) atoms. The summed E-state index contributed by atoms with van der Waals surface area (Å²) in [6.07, 6.45) is 0. The van der Waals surface area contributed by atoms with Gasteiger partial charge in [-0.15, -0.1) is 11.3 Å². The van der Waals surface area contributed by atoms with E-state index in [1.54, 1.807) is 0 Å². The highest BCUT2D eigenvalue weighted by atomic mass is 32.1. The predicted molar refractivity (Wildman–Crippen MR) is 238 cm³/mol. The smallest absolute Gasteiger partial charge is 0.0726 e. The van der Waals surface area contributed by atoms with E-state index in [4.69, 9.17) is 0 Å². The average Bonchev–Trinajstić information content (AvgIpc) is 3.93. The molecule has 0 aliphatic heterocycles. The highest BCUT2D eigenvalue weighted by Crippen LogP contribution is 2.48. The first kappa shape index (κ1) is 29.5. The van der Waals surface area contributed by atoms with Gasteiger partial charge in [0.2, 0.25) is 0 Å². The van der Waals surface area contributed by atoms with Gasteiger partial charge < -0.3 is 9.13 Å². The maximum Gasteiger partial charge on any atom is 0.0726 e. The van der Waals surface area contributed by atoms with Gasteiger partial charge in [0.1, 0.15) is 0 Å². The number of rotatable bonds is 2. The summed E-state index contributed by atoms with van der Waals surface area (Å²) >= 11 is 1.91. The van der Waals surface area contributed by atoms with Gasteiger partial charge in [0.25, 0.3) is 0 Å². The van der Waals surface area contributed by atoms with E-state index in [0.717, 1.165) is 11.4 Å². The molecule has 0 bridgehead atoms. The molecule has 0 atom stereocenters. The largest absolute Gasteiger partial charge is 0.309 e. The molecule has 0 fully saturated rings. The second kappa shape index (κ2) is 10.8. The third-order valence-corrected chi connectivity index (χ3v) is 13.2. The van der Waals surface area contributed by atoms with E-state index in [0.29, 0.717) is 0 Å². The van der Waals surface area contributed by atoms with Gasteiger partial charge in [0, 0.05) is 53.8 Å². The van der Waals surface area contributed by atoms with Crippen LogP contribution in [0, 0.1) is 0 Å². The van der Waals surface area contributed by atoms with Crippen molar-refractivity contribution >= 4 is 118 Å². The fraction of sp³-hybridized carbons (Fsp3) is 0. The van der Waals surface area contributed by atoms with Crippen molar-refractivity contribution in [1.29, 1.82) is 0 Å². The molecule has 10 aromatic carbocycles.